The van der Waals surface area contributed by atoms with Crippen molar-refractivity contribution in [1.82, 2.24) is 19.9 Å². The van der Waals surface area contributed by atoms with Gasteiger partial charge >= 0.3 is 0 Å². The highest BCUT2D eigenvalue weighted by atomic mass is 15.0. The smallest absolute Gasteiger partial charge is 0.163 e. The maximum Gasteiger partial charge on any atom is 0.163 e. The first kappa shape index (κ1) is 18.0. The lowest BCUT2D eigenvalue weighted by molar-refractivity contribution is 0.591. The molecule has 0 amide bonds. The maximum atomic E-state index is 4.47. The van der Waals surface area contributed by atoms with E-state index in [1.807, 2.05) is 18.3 Å². The van der Waals surface area contributed by atoms with Crippen LogP contribution < -0.4 is 0 Å². The summed E-state index contributed by atoms with van der Waals surface area (Å²) in [6.45, 7) is 6.65. The molecular formula is C24H22N4. The SMILES string of the molecule is CC(C)(C)c1cc(-c2ccccc2)cc(-c2cccnc2)c1-c1ncncn1. The predicted octanol–water partition coefficient (Wildman–Crippen LogP) is 5.57. The largest absolute Gasteiger partial charge is 0.264 e. The zero-order chi connectivity index (χ0) is 19.6. The molecule has 0 saturated carbocycles. The van der Waals surface area contributed by atoms with Crippen LogP contribution in [0, 0.1) is 0 Å². The Bertz CT molecular complexity index is 1070. The summed E-state index contributed by atoms with van der Waals surface area (Å²) in [4.78, 5) is 17.3. The lowest BCUT2D eigenvalue weighted by Gasteiger charge is -2.26. The van der Waals surface area contributed by atoms with Crippen molar-refractivity contribution in [2.75, 3.05) is 0 Å². The van der Waals surface area contributed by atoms with Crippen LogP contribution >= 0.6 is 0 Å². The Balaban J connectivity index is 2.09. The minimum absolute atomic E-state index is 0.0935. The molecule has 4 rings (SSSR count). The lowest BCUT2D eigenvalue weighted by Crippen LogP contribution is -2.14. The highest BCUT2D eigenvalue weighted by molar-refractivity contribution is 5.87. The van der Waals surface area contributed by atoms with Gasteiger partial charge in [-0.3, -0.25) is 4.98 Å². The van der Waals surface area contributed by atoms with Crippen molar-refractivity contribution in [3.8, 4) is 33.6 Å². The van der Waals surface area contributed by atoms with Crippen LogP contribution in [0.5, 0.6) is 0 Å². The number of aromatic nitrogens is 4. The molecule has 2 aromatic heterocycles. The van der Waals surface area contributed by atoms with Gasteiger partial charge in [0.2, 0.25) is 0 Å². The van der Waals surface area contributed by atoms with Gasteiger partial charge in [0.15, 0.2) is 5.82 Å². The molecule has 4 heteroatoms. The molecule has 138 valence electrons. The van der Waals surface area contributed by atoms with Gasteiger partial charge in [-0.2, -0.15) is 0 Å². The first-order chi connectivity index (χ1) is 13.5. The second-order valence-electron chi connectivity index (χ2n) is 7.77. The molecule has 0 aliphatic heterocycles. The number of pyridine rings is 1. The second kappa shape index (κ2) is 7.31. The molecular weight excluding hydrogens is 344 g/mol. The number of nitrogens with zero attached hydrogens (tertiary/aromatic N) is 4. The molecule has 0 aliphatic rings. The summed E-state index contributed by atoms with van der Waals surface area (Å²) >= 11 is 0. The van der Waals surface area contributed by atoms with E-state index >= 15 is 0 Å². The van der Waals surface area contributed by atoms with Crippen LogP contribution in [0.2, 0.25) is 0 Å². The molecule has 2 aromatic carbocycles. The molecule has 4 aromatic rings. The summed E-state index contributed by atoms with van der Waals surface area (Å²) in [5, 5.41) is 0. The Kier molecular flexibility index (Phi) is 4.70. The van der Waals surface area contributed by atoms with E-state index in [1.54, 1.807) is 18.9 Å². The zero-order valence-corrected chi connectivity index (χ0v) is 16.3. The number of benzene rings is 2. The van der Waals surface area contributed by atoms with E-state index < -0.39 is 0 Å². The van der Waals surface area contributed by atoms with E-state index in [9.17, 15) is 0 Å². The molecule has 2 heterocycles. The van der Waals surface area contributed by atoms with Gasteiger partial charge in [0, 0.05) is 23.5 Å². The molecule has 0 bridgehead atoms. The van der Waals surface area contributed by atoms with Gasteiger partial charge in [0.05, 0.1) is 0 Å². The van der Waals surface area contributed by atoms with Crippen LogP contribution in [0.25, 0.3) is 33.6 Å². The second-order valence-corrected chi connectivity index (χ2v) is 7.77. The van der Waals surface area contributed by atoms with Gasteiger partial charge < -0.3 is 0 Å². The number of hydrogen-bond acceptors (Lipinski definition) is 4. The van der Waals surface area contributed by atoms with Gasteiger partial charge in [-0.25, -0.2) is 15.0 Å². The van der Waals surface area contributed by atoms with Crippen LogP contribution in [0.15, 0.2) is 79.6 Å². The van der Waals surface area contributed by atoms with Crippen molar-refractivity contribution in [3.63, 3.8) is 0 Å². The standard InChI is InChI=1S/C24H22N4/c1-24(2,3)21-13-19(17-8-5-4-6-9-17)12-20(18-10-7-11-25-14-18)22(21)23-27-15-26-16-28-23/h4-16H,1-3H3. The monoisotopic (exact) mass is 366 g/mol. The fourth-order valence-corrected chi connectivity index (χ4v) is 3.39. The normalized spacial score (nSPS) is 11.4. The van der Waals surface area contributed by atoms with Crippen molar-refractivity contribution < 1.29 is 0 Å². The van der Waals surface area contributed by atoms with Gasteiger partial charge in [0.1, 0.15) is 12.7 Å². The minimum atomic E-state index is -0.0935. The summed E-state index contributed by atoms with van der Waals surface area (Å²) in [5.74, 6) is 0.679. The van der Waals surface area contributed by atoms with Crippen molar-refractivity contribution in [2.45, 2.75) is 26.2 Å². The van der Waals surface area contributed by atoms with Gasteiger partial charge in [-0.05, 0) is 45.9 Å². The van der Waals surface area contributed by atoms with Crippen LogP contribution in [0.4, 0.5) is 0 Å². The van der Waals surface area contributed by atoms with E-state index in [-0.39, 0.29) is 5.41 Å². The molecule has 0 aliphatic carbocycles. The molecule has 0 unspecified atom stereocenters. The molecule has 0 atom stereocenters. The van der Waals surface area contributed by atoms with E-state index in [2.05, 4.69) is 83.2 Å². The highest BCUT2D eigenvalue weighted by Crippen LogP contribution is 2.41. The van der Waals surface area contributed by atoms with Crippen molar-refractivity contribution in [2.24, 2.45) is 0 Å². The minimum Gasteiger partial charge on any atom is -0.264 e. The van der Waals surface area contributed by atoms with Crippen molar-refractivity contribution in [1.29, 1.82) is 0 Å². The van der Waals surface area contributed by atoms with E-state index in [0.717, 1.165) is 16.7 Å². The average molecular weight is 366 g/mol. The van der Waals surface area contributed by atoms with Crippen LogP contribution in [-0.2, 0) is 5.41 Å². The molecule has 4 nitrogen and oxygen atoms in total. The highest BCUT2D eigenvalue weighted by Gasteiger charge is 2.25. The quantitative estimate of drug-likeness (QED) is 0.476. The molecule has 28 heavy (non-hydrogen) atoms. The Morgan fingerprint density at radius 1 is 0.714 bits per heavy atom. The van der Waals surface area contributed by atoms with E-state index in [4.69, 9.17) is 0 Å². The maximum absolute atomic E-state index is 4.47. The Hall–Kier alpha value is -3.40. The van der Waals surface area contributed by atoms with Gasteiger partial charge in [0.25, 0.3) is 0 Å². The summed E-state index contributed by atoms with van der Waals surface area (Å²) in [5.41, 5.74) is 6.60. The molecule has 0 spiro atoms. The fourth-order valence-electron chi connectivity index (χ4n) is 3.39. The van der Waals surface area contributed by atoms with Crippen molar-refractivity contribution >= 4 is 0 Å². The molecule has 0 radical (unpaired) electrons. The lowest BCUT2D eigenvalue weighted by atomic mass is 9.79. The summed E-state index contributed by atoms with van der Waals surface area (Å²) in [6, 6.07) is 18.9. The van der Waals surface area contributed by atoms with Crippen LogP contribution in [-0.4, -0.2) is 19.9 Å². The van der Waals surface area contributed by atoms with Crippen LogP contribution in [0.3, 0.4) is 0 Å². The van der Waals surface area contributed by atoms with Crippen LogP contribution in [0.1, 0.15) is 26.3 Å². The summed E-state index contributed by atoms with van der Waals surface area (Å²) in [6.07, 6.45) is 6.78. The third-order valence-corrected chi connectivity index (χ3v) is 4.74. The van der Waals surface area contributed by atoms with Gasteiger partial charge in [-0.1, -0.05) is 57.2 Å². The Labute approximate surface area is 165 Å². The zero-order valence-electron chi connectivity index (χ0n) is 16.3. The van der Waals surface area contributed by atoms with Gasteiger partial charge in [-0.15, -0.1) is 0 Å². The topological polar surface area (TPSA) is 51.6 Å². The Morgan fingerprint density at radius 3 is 2.07 bits per heavy atom. The number of hydrogen-bond donors (Lipinski definition) is 0. The van der Waals surface area contributed by atoms with Crippen molar-refractivity contribution in [3.05, 3.63) is 85.2 Å². The molecule has 0 saturated heterocycles. The third kappa shape index (κ3) is 3.54. The molecule has 0 N–H and O–H groups in total. The average Bonchev–Trinajstić information content (AvgIpc) is 2.74. The van der Waals surface area contributed by atoms with E-state index in [0.29, 0.717) is 5.82 Å². The first-order valence-electron chi connectivity index (χ1n) is 9.31. The molecule has 0 fully saturated rings. The Morgan fingerprint density at radius 2 is 1.43 bits per heavy atom. The fraction of sp³-hybridized carbons (Fsp3) is 0.167. The number of rotatable bonds is 3. The van der Waals surface area contributed by atoms with E-state index in [1.165, 1.54) is 16.7 Å². The first-order valence-corrected chi connectivity index (χ1v) is 9.31. The summed E-state index contributed by atoms with van der Waals surface area (Å²) < 4.78 is 0. The summed E-state index contributed by atoms with van der Waals surface area (Å²) in [7, 11) is 0. The predicted molar refractivity (Wildman–Crippen MR) is 113 cm³/mol. The third-order valence-electron chi connectivity index (χ3n) is 4.74.